The SMILES string of the molecule is CC(OC(=O)[C@@H]1[C@H](C=C(Br)C(F)(F)F)C1(C)C)c1cccc(Oc2ccccc2)n1. The Hall–Kier alpha value is -2.35. The maximum Gasteiger partial charge on any atom is 0.422 e. The molecule has 0 bridgehead atoms. The first-order valence-electron chi connectivity index (χ1n) is 9.35. The summed E-state index contributed by atoms with van der Waals surface area (Å²) in [5, 5.41) is 0. The van der Waals surface area contributed by atoms with Gasteiger partial charge < -0.3 is 9.47 Å². The van der Waals surface area contributed by atoms with E-state index < -0.39 is 40.0 Å². The minimum Gasteiger partial charge on any atom is -0.456 e. The van der Waals surface area contributed by atoms with E-state index in [1.807, 2.05) is 18.2 Å². The fourth-order valence-electron chi connectivity index (χ4n) is 3.32. The van der Waals surface area contributed by atoms with Crippen LogP contribution in [0, 0.1) is 17.3 Å². The lowest BCUT2D eigenvalue weighted by molar-refractivity contribution is -0.151. The van der Waals surface area contributed by atoms with Gasteiger partial charge in [0.2, 0.25) is 5.88 Å². The molecule has 0 N–H and O–H groups in total. The third-order valence-corrected chi connectivity index (χ3v) is 5.90. The van der Waals surface area contributed by atoms with Crippen molar-refractivity contribution in [1.82, 2.24) is 4.98 Å². The Labute approximate surface area is 181 Å². The monoisotopic (exact) mass is 483 g/mol. The fraction of sp³-hybridized carbons (Fsp3) is 0.364. The highest BCUT2D eigenvalue weighted by Gasteiger charge is 2.62. The first-order valence-corrected chi connectivity index (χ1v) is 10.1. The highest BCUT2D eigenvalue weighted by Crippen LogP contribution is 2.60. The zero-order valence-electron chi connectivity index (χ0n) is 16.6. The standard InChI is InChI=1S/C22H21BrF3NO3/c1-13(16-10-7-11-18(27-16)30-14-8-5-4-6-9-14)29-20(28)19-15(21(19,2)3)12-17(23)22(24,25)26/h4-13,15,19H,1-3H3/t13?,15-,19-/m0/s1. The smallest absolute Gasteiger partial charge is 0.422 e. The van der Waals surface area contributed by atoms with Crippen LogP contribution in [0.1, 0.15) is 32.6 Å². The second-order valence-electron chi connectivity index (χ2n) is 7.73. The van der Waals surface area contributed by atoms with Crippen molar-refractivity contribution in [1.29, 1.82) is 0 Å². The normalized spacial score (nSPS) is 21.6. The summed E-state index contributed by atoms with van der Waals surface area (Å²) < 4.78 is 48.7. The summed E-state index contributed by atoms with van der Waals surface area (Å²) in [4.78, 5) is 17.0. The highest BCUT2D eigenvalue weighted by molar-refractivity contribution is 9.11. The van der Waals surface area contributed by atoms with E-state index in [1.165, 1.54) is 0 Å². The number of halogens is 4. The number of para-hydroxylation sites is 1. The zero-order valence-corrected chi connectivity index (χ0v) is 18.2. The summed E-state index contributed by atoms with van der Waals surface area (Å²) in [5.41, 5.74) is -0.133. The Morgan fingerprint density at radius 1 is 1.17 bits per heavy atom. The van der Waals surface area contributed by atoms with Gasteiger partial charge in [-0.1, -0.05) is 44.2 Å². The lowest BCUT2D eigenvalue weighted by Gasteiger charge is -2.14. The number of carbonyl (C=O) groups is 1. The van der Waals surface area contributed by atoms with Crippen LogP contribution in [0.2, 0.25) is 0 Å². The Morgan fingerprint density at radius 3 is 2.47 bits per heavy atom. The molecular formula is C22H21BrF3NO3. The van der Waals surface area contributed by atoms with Crippen LogP contribution in [0.15, 0.2) is 59.1 Å². The third-order valence-electron chi connectivity index (χ3n) is 5.18. The molecule has 1 unspecified atom stereocenters. The Bertz CT molecular complexity index is 944. The minimum atomic E-state index is -4.48. The van der Waals surface area contributed by atoms with Crippen LogP contribution >= 0.6 is 15.9 Å². The van der Waals surface area contributed by atoms with Crippen LogP contribution in [0.25, 0.3) is 0 Å². The fourth-order valence-corrected chi connectivity index (χ4v) is 3.61. The lowest BCUT2D eigenvalue weighted by atomic mass is 10.1. The number of hydrogen-bond acceptors (Lipinski definition) is 4. The molecule has 160 valence electrons. The van der Waals surface area contributed by atoms with Gasteiger partial charge in [0.1, 0.15) is 11.9 Å². The Morgan fingerprint density at radius 2 is 1.83 bits per heavy atom. The van der Waals surface area contributed by atoms with E-state index in [0.29, 0.717) is 17.3 Å². The summed E-state index contributed by atoms with van der Waals surface area (Å²) in [6.07, 6.45) is -4.11. The molecule has 2 aromatic rings. The van der Waals surface area contributed by atoms with Gasteiger partial charge in [0.15, 0.2) is 0 Å². The van der Waals surface area contributed by atoms with Crippen LogP contribution in [0.5, 0.6) is 11.6 Å². The number of ether oxygens (including phenoxy) is 2. The van der Waals surface area contributed by atoms with Gasteiger partial charge in [-0.25, -0.2) is 4.98 Å². The molecule has 1 saturated carbocycles. The number of allylic oxidation sites excluding steroid dienone is 2. The number of hydrogen-bond donors (Lipinski definition) is 0. The average molecular weight is 484 g/mol. The van der Waals surface area contributed by atoms with Crippen molar-refractivity contribution < 1.29 is 27.4 Å². The molecule has 1 heterocycles. The second kappa shape index (κ2) is 8.41. The quantitative estimate of drug-likeness (QED) is 0.434. The van der Waals surface area contributed by atoms with Crippen molar-refractivity contribution in [2.45, 2.75) is 33.1 Å². The summed E-state index contributed by atoms with van der Waals surface area (Å²) >= 11 is 2.55. The molecule has 1 aliphatic rings. The van der Waals surface area contributed by atoms with Crippen molar-refractivity contribution in [2.75, 3.05) is 0 Å². The van der Waals surface area contributed by atoms with Gasteiger partial charge in [-0.15, -0.1) is 0 Å². The molecule has 3 rings (SSSR count). The number of pyridine rings is 1. The predicted molar refractivity (Wildman–Crippen MR) is 109 cm³/mol. The molecule has 30 heavy (non-hydrogen) atoms. The predicted octanol–water partition coefficient (Wildman–Crippen LogP) is 6.59. The summed E-state index contributed by atoms with van der Waals surface area (Å²) in [6, 6.07) is 14.2. The third kappa shape index (κ3) is 5.03. The number of alkyl halides is 3. The molecule has 0 spiro atoms. The average Bonchev–Trinajstić information content (AvgIpc) is 3.22. The molecule has 8 heteroatoms. The van der Waals surface area contributed by atoms with Crippen LogP contribution < -0.4 is 4.74 Å². The van der Waals surface area contributed by atoms with Gasteiger partial charge in [0, 0.05) is 6.07 Å². The molecule has 1 aromatic heterocycles. The van der Waals surface area contributed by atoms with Gasteiger partial charge in [-0.05, 0) is 52.4 Å². The van der Waals surface area contributed by atoms with Crippen molar-refractivity contribution in [3.63, 3.8) is 0 Å². The number of rotatable bonds is 6. The van der Waals surface area contributed by atoms with Crippen LogP contribution in [-0.2, 0) is 9.53 Å². The molecule has 4 nitrogen and oxygen atoms in total. The van der Waals surface area contributed by atoms with E-state index in [9.17, 15) is 18.0 Å². The number of nitrogens with zero attached hydrogens (tertiary/aromatic N) is 1. The highest BCUT2D eigenvalue weighted by atomic mass is 79.9. The molecule has 0 aliphatic heterocycles. The summed E-state index contributed by atoms with van der Waals surface area (Å²) in [5.74, 6) is -0.792. The molecule has 0 amide bonds. The summed E-state index contributed by atoms with van der Waals surface area (Å²) in [7, 11) is 0. The zero-order chi connectivity index (χ0) is 22.1. The number of carbonyl (C=O) groups excluding carboxylic acids is 1. The molecule has 1 aliphatic carbocycles. The van der Waals surface area contributed by atoms with Gasteiger partial charge in [-0.3, -0.25) is 4.79 Å². The molecule has 1 aromatic carbocycles. The van der Waals surface area contributed by atoms with Gasteiger partial charge >= 0.3 is 12.1 Å². The van der Waals surface area contributed by atoms with Gasteiger partial charge in [-0.2, -0.15) is 13.2 Å². The number of benzene rings is 1. The molecule has 1 fully saturated rings. The van der Waals surface area contributed by atoms with Crippen LogP contribution in [0.3, 0.4) is 0 Å². The largest absolute Gasteiger partial charge is 0.456 e. The van der Waals surface area contributed by atoms with Gasteiger partial charge in [0.25, 0.3) is 0 Å². The maximum absolute atomic E-state index is 12.8. The molecule has 3 atom stereocenters. The van der Waals surface area contributed by atoms with Crippen LogP contribution in [0.4, 0.5) is 13.2 Å². The lowest BCUT2D eigenvalue weighted by Crippen LogP contribution is -2.14. The molecule has 0 radical (unpaired) electrons. The number of aromatic nitrogens is 1. The molecular weight excluding hydrogens is 463 g/mol. The number of esters is 1. The molecule has 0 saturated heterocycles. The van der Waals surface area contributed by atoms with E-state index >= 15 is 0 Å². The first kappa shape index (κ1) is 22.3. The van der Waals surface area contributed by atoms with E-state index in [2.05, 4.69) is 20.9 Å². The minimum absolute atomic E-state index is 0.350. The van der Waals surface area contributed by atoms with E-state index in [4.69, 9.17) is 9.47 Å². The van der Waals surface area contributed by atoms with Gasteiger partial charge in [0.05, 0.1) is 16.1 Å². The van der Waals surface area contributed by atoms with Crippen molar-refractivity contribution in [3.8, 4) is 11.6 Å². The first-order chi connectivity index (χ1) is 14.0. The Kier molecular flexibility index (Phi) is 6.26. The second-order valence-corrected chi connectivity index (χ2v) is 8.59. The van der Waals surface area contributed by atoms with Crippen molar-refractivity contribution >= 4 is 21.9 Å². The van der Waals surface area contributed by atoms with E-state index in [1.54, 1.807) is 51.1 Å². The van der Waals surface area contributed by atoms with E-state index in [0.717, 1.165) is 6.08 Å². The van der Waals surface area contributed by atoms with Crippen LogP contribution in [-0.4, -0.2) is 17.1 Å². The van der Waals surface area contributed by atoms with Crippen molar-refractivity contribution in [2.24, 2.45) is 17.3 Å². The topological polar surface area (TPSA) is 48.4 Å². The Balaban J connectivity index is 1.67. The van der Waals surface area contributed by atoms with Crippen molar-refractivity contribution in [3.05, 3.63) is 64.8 Å². The van der Waals surface area contributed by atoms with E-state index in [-0.39, 0.29) is 0 Å². The maximum atomic E-state index is 12.8. The summed E-state index contributed by atoms with van der Waals surface area (Å²) in [6.45, 7) is 5.15.